The minimum absolute atomic E-state index is 1.03. The Hall–Kier alpha value is -1.50. The van der Waals surface area contributed by atoms with Gasteiger partial charge in [0.05, 0.1) is 0 Å². The molecule has 0 saturated heterocycles. The maximum atomic E-state index is 3.77. The lowest BCUT2D eigenvalue weighted by molar-refractivity contribution is 1.09. The van der Waals surface area contributed by atoms with Gasteiger partial charge in [0.25, 0.3) is 0 Å². The lowest BCUT2D eigenvalue weighted by atomic mass is 10.1. The molecule has 0 spiro atoms. The summed E-state index contributed by atoms with van der Waals surface area (Å²) in [7, 11) is 2.01. The maximum absolute atomic E-state index is 3.77. The molecule has 74 valence electrons. The van der Waals surface area contributed by atoms with E-state index >= 15 is 0 Å². The predicted octanol–water partition coefficient (Wildman–Crippen LogP) is 3.47. The van der Waals surface area contributed by atoms with E-state index in [1.807, 2.05) is 24.2 Å². The Bertz CT molecular complexity index is 339. The fourth-order valence-corrected chi connectivity index (χ4v) is 1.43. The average molecular weight is 187 g/mol. The number of hydrogen-bond donors (Lipinski definition) is 0. The maximum Gasteiger partial charge on any atom is 0.0441 e. The van der Waals surface area contributed by atoms with Gasteiger partial charge in [-0.15, -0.1) is 0 Å². The molecular weight excluding hydrogens is 170 g/mol. The Balaban J connectivity index is 3.20. The van der Waals surface area contributed by atoms with Crippen molar-refractivity contribution in [1.82, 2.24) is 0 Å². The molecule has 0 saturated carbocycles. The molecule has 1 heteroatoms. The first-order valence-corrected chi connectivity index (χ1v) is 4.83. The third-order valence-corrected chi connectivity index (χ3v) is 2.38. The average Bonchev–Trinajstić information content (AvgIpc) is 2.27. The quantitative estimate of drug-likeness (QED) is 0.697. The third kappa shape index (κ3) is 2.05. The molecular formula is C13H17N. The molecule has 0 aliphatic rings. The van der Waals surface area contributed by atoms with Crippen LogP contribution in [-0.2, 0) is 6.42 Å². The van der Waals surface area contributed by atoms with Crippen LogP contribution in [0.2, 0.25) is 0 Å². The summed E-state index contributed by atoms with van der Waals surface area (Å²) in [5, 5.41) is 0. The fraction of sp³-hybridized carbons (Fsp3) is 0.231. The number of rotatable bonds is 4. The summed E-state index contributed by atoms with van der Waals surface area (Å²) in [6.45, 7) is 9.69. The molecule has 0 aliphatic heterocycles. The Kier molecular flexibility index (Phi) is 3.52. The third-order valence-electron chi connectivity index (χ3n) is 2.38. The van der Waals surface area contributed by atoms with Gasteiger partial charge in [-0.25, -0.2) is 0 Å². The second-order valence-electron chi connectivity index (χ2n) is 3.24. The molecule has 1 nitrogen and oxygen atoms in total. The molecule has 0 aliphatic carbocycles. The zero-order chi connectivity index (χ0) is 10.6. The van der Waals surface area contributed by atoms with Crippen LogP contribution >= 0.6 is 0 Å². The highest BCUT2D eigenvalue weighted by Gasteiger charge is 2.03. The van der Waals surface area contributed by atoms with Crippen molar-refractivity contribution in [2.75, 3.05) is 11.9 Å². The van der Waals surface area contributed by atoms with Crippen LogP contribution in [0.5, 0.6) is 0 Å². The molecule has 14 heavy (non-hydrogen) atoms. The number of aryl methyl sites for hydroxylation is 1. The van der Waals surface area contributed by atoms with E-state index in [2.05, 4.69) is 38.3 Å². The lowest BCUT2D eigenvalue weighted by Crippen LogP contribution is -2.09. The molecule has 0 amide bonds. The van der Waals surface area contributed by atoms with E-state index in [4.69, 9.17) is 0 Å². The van der Waals surface area contributed by atoms with Crippen LogP contribution in [0.1, 0.15) is 18.1 Å². The van der Waals surface area contributed by atoms with E-state index in [0.29, 0.717) is 0 Å². The molecule has 0 aromatic heterocycles. The topological polar surface area (TPSA) is 3.24 Å². The molecule has 0 N–H and O–H groups in total. The van der Waals surface area contributed by atoms with Crippen molar-refractivity contribution >= 4 is 11.8 Å². The van der Waals surface area contributed by atoms with Crippen LogP contribution in [-0.4, -0.2) is 7.05 Å². The summed E-state index contributed by atoms with van der Waals surface area (Å²) in [6, 6.07) is 6.37. The van der Waals surface area contributed by atoms with Gasteiger partial charge in [-0.3, -0.25) is 0 Å². The predicted molar refractivity (Wildman–Crippen MR) is 64.5 cm³/mol. The van der Waals surface area contributed by atoms with Crippen LogP contribution in [0.15, 0.2) is 37.6 Å². The van der Waals surface area contributed by atoms with Gasteiger partial charge in [0.2, 0.25) is 0 Å². The smallest absolute Gasteiger partial charge is 0.0441 e. The molecule has 0 unspecified atom stereocenters. The van der Waals surface area contributed by atoms with E-state index in [9.17, 15) is 0 Å². The van der Waals surface area contributed by atoms with Crippen LogP contribution in [0.4, 0.5) is 5.69 Å². The normalized spacial score (nSPS) is 9.57. The SMILES string of the molecule is C=Cc1ccc(CC)c(N(C)C=C)c1. The minimum atomic E-state index is 1.03. The van der Waals surface area contributed by atoms with Crippen LogP contribution in [0.3, 0.4) is 0 Å². The summed E-state index contributed by atoms with van der Waals surface area (Å²) in [5.41, 5.74) is 3.68. The van der Waals surface area contributed by atoms with Gasteiger partial charge in [0.1, 0.15) is 0 Å². The van der Waals surface area contributed by atoms with Crippen molar-refractivity contribution in [3.05, 3.63) is 48.7 Å². The summed E-state index contributed by atoms with van der Waals surface area (Å²) in [4.78, 5) is 2.03. The first-order valence-electron chi connectivity index (χ1n) is 4.83. The number of hydrogen-bond acceptors (Lipinski definition) is 1. The Morgan fingerprint density at radius 1 is 1.36 bits per heavy atom. The Labute approximate surface area is 86.4 Å². The van der Waals surface area contributed by atoms with Gasteiger partial charge in [0, 0.05) is 12.7 Å². The van der Waals surface area contributed by atoms with E-state index in [1.165, 1.54) is 11.3 Å². The van der Waals surface area contributed by atoms with E-state index < -0.39 is 0 Å². The highest BCUT2D eigenvalue weighted by Crippen LogP contribution is 2.22. The van der Waals surface area contributed by atoms with Gasteiger partial charge >= 0.3 is 0 Å². The van der Waals surface area contributed by atoms with Crippen molar-refractivity contribution in [2.45, 2.75) is 13.3 Å². The Morgan fingerprint density at radius 3 is 2.57 bits per heavy atom. The summed E-state index contributed by atoms with van der Waals surface area (Å²) >= 11 is 0. The fourth-order valence-electron chi connectivity index (χ4n) is 1.43. The standard InChI is InChI=1S/C13H17N/c1-5-11-8-9-12(6-2)13(10-11)14(4)7-3/h5,7-10H,1,3,6H2,2,4H3. The van der Waals surface area contributed by atoms with Crippen molar-refractivity contribution < 1.29 is 0 Å². The first kappa shape index (κ1) is 10.6. The second-order valence-corrected chi connectivity index (χ2v) is 3.24. The molecule has 0 atom stereocenters. The summed E-state index contributed by atoms with van der Waals surface area (Å²) < 4.78 is 0. The van der Waals surface area contributed by atoms with Crippen molar-refractivity contribution in [2.24, 2.45) is 0 Å². The minimum Gasteiger partial charge on any atom is -0.351 e. The highest BCUT2D eigenvalue weighted by molar-refractivity contribution is 5.62. The first-order chi connectivity index (χ1) is 6.72. The van der Waals surface area contributed by atoms with Gasteiger partial charge in [0.15, 0.2) is 0 Å². The largest absolute Gasteiger partial charge is 0.351 e. The molecule has 0 bridgehead atoms. The molecule has 0 heterocycles. The Morgan fingerprint density at radius 2 is 2.07 bits per heavy atom. The van der Waals surface area contributed by atoms with E-state index in [1.54, 1.807) is 0 Å². The van der Waals surface area contributed by atoms with Crippen LogP contribution in [0.25, 0.3) is 6.08 Å². The highest BCUT2D eigenvalue weighted by atomic mass is 15.1. The zero-order valence-corrected chi connectivity index (χ0v) is 8.96. The monoisotopic (exact) mass is 187 g/mol. The van der Waals surface area contributed by atoms with Crippen molar-refractivity contribution in [3.63, 3.8) is 0 Å². The van der Waals surface area contributed by atoms with Gasteiger partial charge < -0.3 is 4.90 Å². The van der Waals surface area contributed by atoms with Gasteiger partial charge in [-0.05, 0) is 29.8 Å². The zero-order valence-electron chi connectivity index (χ0n) is 8.96. The van der Waals surface area contributed by atoms with Gasteiger partial charge in [-0.2, -0.15) is 0 Å². The molecule has 1 aromatic carbocycles. The molecule has 0 radical (unpaired) electrons. The van der Waals surface area contributed by atoms with Crippen molar-refractivity contribution in [3.8, 4) is 0 Å². The summed E-state index contributed by atoms with van der Waals surface area (Å²) in [6.07, 6.45) is 4.71. The van der Waals surface area contributed by atoms with E-state index in [0.717, 1.165) is 12.0 Å². The summed E-state index contributed by atoms with van der Waals surface area (Å²) in [5.74, 6) is 0. The van der Waals surface area contributed by atoms with Crippen LogP contribution in [0, 0.1) is 0 Å². The molecule has 1 aromatic rings. The number of benzene rings is 1. The molecule has 1 rings (SSSR count). The second kappa shape index (κ2) is 4.66. The van der Waals surface area contributed by atoms with Gasteiger partial charge in [-0.1, -0.05) is 38.3 Å². The van der Waals surface area contributed by atoms with E-state index in [-0.39, 0.29) is 0 Å². The van der Waals surface area contributed by atoms with Crippen LogP contribution < -0.4 is 4.90 Å². The number of anilines is 1. The lowest BCUT2D eigenvalue weighted by Gasteiger charge is -2.18. The number of nitrogens with zero attached hydrogens (tertiary/aromatic N) is 1. The molecule has 0 fully saturated rings. The van der Waals surface area contributed by atoms with Crippen molar-refractivity contribution in [1.29, 1.82) is 0 Å².